The molecule has 0 aliphatic rings. The fourth-order valence-corrected chi connectivity index (χ4v) is 6.90. The second-order valence-corrected chi connectivity index (χ2v) is 16.0. The van der Waals surface area contributed by atoms with E-state index >= 15 is 0 Å². The SMILES string of the molecule is CCC/C=C\C/C=C\CCCCCCCC(=O)OCC(COCCCCCCCCCCCCCCCCCCCC)OC(=O)CCCCCCCCC. The third-order valence-electron chi connectivity index (χ3n) is 10.5. The molecule has 5 heteroatoms. The number of hydrogen-bond acceptors (Lipinski definition) is 5. The van der Waals surface area contributed by atoms with Crippen molar-refractivity contribution in [2.75, 3.05) is 19.8 Å². The van der Waals surface area contributed by atoms with Crippen molar-refractivity contribution in [3.05, 3.63) is 24.3 Å². The maximum absolute atomic E-state index is 12.6. The van der Waals surface area contributed by atoms with Gasteiger partial charge in [-0.2, -0.15) is 0 Å². The van der Waals surface area contributed by atoms with E-state index in [2.05, 4.69) is 45.1 Å². The molecule has 0 aromatic rings. The maximum Gasteiger partial charge on any atom is 0.306 e. The van der Waals surface area contributed by atoms with E-state index in [9.17, 15) is 9.59 Å². The van der Waals surface area contributed by atoms with Crippen LogP contribution in [-0.2, 0) is 23.8 Å². The molecular formula is C49H92O5. The Bertz CT molecular complexity index is 821. The van der Waals surface area contributed by atoms with Gasteiger partial charge in [-0.05, 0) is 44.9 Å². The van der Waals surface area contributed by atoms with Crippen molar-refractivity contribution in [3.63, 3.8) is 0 Å². The van der Waals surface area contributed by atoms with E-state index in [1.807, 2.05) is 0 Å². The zero-order valence-corrected chi connectivity index (χ0v) is 36.5. The molecule has 0 aliphatic carbocycles. The van der Waals surface area contributed by atoms with E-state index in [4.69, 9.17) is 14.2 Å². The molecular weight excluding hydrogens is 669 g/mol. The summed E-state index contributed by atoms with van der Waals surface area (Å²) < 4.78 is 17.3. The molecule has 0 aliphatic heterocycles. The van der Waals surface area contributed by atoms with Gasteiger partial charge in [0.2, 0.25) is 0 Å². The number of carbonyl (C=O) groups excluding carboxylic acids is 2. The molecule has 0 heterocycles. The predicted octanol–water partition coefficient (Wildman–Crippen LogP) is 15.7. The van der Waals surface area contributed by atoms with Crippen molar-refractivity contribution >= 4 is 11.9 Å². The van der Waals surface area contributed by atoms with Gasteiger partial charge in [-0.3, -0.25) is 9.59 Å². The van der Waals surface area contributed by atoms with Crippen molar-refractivity contribution in [1.82, 2.24) is 0 Å². The lowest BCUT2D eigenvalue weighted by atomic mass is 10.0. The molecule has 0 amide bonds. The summed E-state index contributed by atoms with van der Waals surface area (Å²) in [5.74, 6) is -0.408. The molecule has 0 aromatic carbocycles. The minimum atomic E-state index is -0.531. The average Bonchev–Trinajstić information content (AvgIpc) is 3.17. The molecule has 1 unspecified atom stereocenters. The number of allylic oxidation sites excluding steroid dienone is 4. The number of rotatable bonds is 44. The molecule has 5 nitrogen and oxygen atoms in total. The van der Waals surface area contributed by atoms with Crippen molar-refractivity contribution in [1.29, 1.82) is 0 Å². The summed E-state index contributed by atoms with van der Waals surface area (Å²) in [4.78, 5) is 25.1. The van der Waals surface area contributed by atoms with E-state index in [0.717, 1.165) is 51.4 Å². The lowest BCUT2D eigenvalue weighted by molar-refractivity contribution is -0.163. The highest BCUT2D eigenvalue weighted by Crippen LogP contribution is 2.15. The molecule has 0 N–H and O–H groups in total. The fourth-order valence-electron chi connectivity index (χ4n) is 6.90. The summed E-state index contributed by atoms with van der Waals surface area (Å²) in [5, 5.41) is 0. The van der Waals surface area contributed by atoms with Gasteiger partial charge in [0, 0.05) is 19.4 Å². The van der Waals surface area contributed by atoms with E-state index < -0.39 is 6.10 Å². The van der Waals surface area contributed by atoms with Crippen molar-refractivity contribution in [2.24, 2.45) is 0 Å². The molecule has 0 fully saturated rings. The Labute approximate surface area is 337 Å². The summed E-state index contributed by atoms with van der Waals surface area (Å²) in [6.45, 7) is 7.75. The van der Waals surface area contributed by atoms with Crippen molar-refractivity contribution in [3.8, 4) is 0 Å². The number of esters is 2. The van der Waals surface area contributed by atoms with Crippen LogP contribution in [-0.4, -0.2) is 37.9 Å². The van der Waals surface area contributed by atoms with Gasteiger partial charge >= 0.3 is 11.9 Å². The van der Waals surface area contributed by atoms with Gasteiger partial charge in [0.25, 0.3) is 0 Å². The second kappa shape index (κ2) is 45.8. The minimum absolute atomic E-state index is 0.0840. The van der Waals surface area contributed by atoms with Crippen LogP contribution in [0.5, 0.6) is 0 Å². The van der Waals surface area contributed by atoms with Gasteiger partial charge in [0.05, 0.1) is 6.61 Å². The second-order valence-electron chi connectivity index (χ2n) is 16.0. The van der Waals surface area contributed by atoms with Crippen LogP contribution >= 0.6 is 0 Å². The van der Waals surface area contributed by atoms with Crippen LogP contribution in [0, 0.1) is 0 Å². The maximum atomic E-state index is 12.6. The van der Waals surface area contributed by atoms with Gasteiger partial charge in [-0.15, -0.1) is 0 Å². The van der Waals surface area contributed by atoms with Gasteiger partial charge < -0.3 is 14.2 Å². The predicted molar refractivity (Wildman–Crippen MR) is 233 cm³/mol. The van der Waals surface area contributed by atoms with Gasteiger partial charge in [-0.1, -0.05) is 218 Å². The largest absolute Gasteiger partial charge is 0.462 e. The van der Waals surface area contributed by atoms with Crippen LogP contribution in [0.3, 0.4) is 0 Å². The number of carbonyl (C=O) groups is 2. The molecule has 318 valence electrons. The summed E-state index contributed by atoms with van der Waals surface area (Å²) in [5.41, 5.74) is 0. The fraction of sp³-hybridized carbons (Fsp3) is 0.878. The first kappa shape index (κ1) is 52.4. The Balaban J connectivity index is 4.09. The standard InChI is InChI=1S/C49H92O5/c1-4-7-10-13-16-18-20-22-23-24-25-26-28-30-32-35-38-41-44-52-45-47(54-49(51)43-40-37-33-15-12-9-6-3)46-53-48(50)42-39-36-34-31-29-27-21-19-17-14-11-8-5-2/h11,14,19,21,47H,4-10,12-13,15-18,20,22-46H2,1-3H3/b14-11-,21-19-. The lowest BCUT2D eigenvalue weighted by Crippen LogP contribution is -2.30. The third-order valence-corrected chi connectivity index (χ3v) is 10.5. The van der Waals surface area contributed by atoms with Gasteiger partial charge in [0.1, 0.15) is 6.61 Å². The normalized spacial score (nSPS) is 12.3. The zero-order valence-electron chi connectivity index (χ0n) is 36.5. The Morgan fingerprint density at radius 3 is 1.30 bits per heavy atom. The quantitative estimate of drug-likeness (QED) is 0.0352. The molecule has 0 saturated carbocycles. The number of unbranched alkanes of at least 4 members (excludes halogenated alkanes) is 29. The highest BCUT2D eigenvalue weighted by Gasteiger charge is 2.17. The van der Waals surface area contributed by atoms with Gasteiger partial charge in [0.15, 0.2) is 6.10 Å². The smallest absolute Gasteiger partial charge is 0.306 e. The van der Waals surface area contributed by atoms with Gasteiger partial charge in [-0.25, -0.2) is 0 Å². The molecule has 0 radical (unpaired) electrons. The van der Waals surface area contributed by atoms with Crippen molar-refractivity contribution in [2.45, 2.75) is 258 Å². The summed E-state index contributed by atoms with van der Waals surface area (Å²) in [6.07, 6.45) is 51.9. The third kappa shape index (κ3) is 43.1. The number of hydrogen-bond donors (Lipinski definition) is 0. The van der Waals surface area contributed by atoms with E-state index in [1.54, 1.807) is 0 Å². The van der Waals surface area contributed by atoms with Crippen molar-refractivity contribution < 1.29 is 23.8 Å². The van der Waals surface area contributed by atoms with Crippen LogP contribution in [0.4, 0.5) is 0 Å². The Morgan fingerprint density at radius 2 is 0.815 bits per heavy atom. The first-order chi connectivity index (χ1) is 26.6. The first-order valence-electron chi connectivity index (χ1n) is 23.9. The molecule has 54 heavy (non-hydrogen) atoms. The van der Waals surface area contributed by atoms with E-state index in [1.165, 1.54) is 167 Å². The number of ether oxygens (including phenoxy) is 3. The monoisotopic (exact) mass is 761 g/mol. The Hall–Kier alpha value is -1.62. The van der Waals surface area contributed by atoms with E-state index in [0.29, 0.717) is 26.1 Å². The average molecular weight is 761 g/mol. The van der Waals surface area contributed by atoms with Crippen LogP contribution in [0.1, 0.15) is 252 Å². The summed E-state index contributed by atoms with van der Waals surface area (Å²) in [6, 6.07) is 0. The zero-order chi connectivity index (χ0) is 39.3. The lowest BCUT2D eigenvalue weighted by Gasteiger charge is -2.18. The molecule has 0 saturated heterocycles. The summed E-state index contributed by atoms with van der Waals surface area (Å²) >= 11 is 0. The molecule has 0 spiro atoms. The van der Waals surface area contributed by atoms with E-state index in [-0.39, 0.29) is 18.5 Å². The highest BCUT2D eigenvalue weighted by atomic mass is 16.6. The molecule has 0 bridgehead atoms. The molecule has 0 rings (SSSR count). The minimum Gasteiger partial charge on any atom is -0.462 e. The topological polar surface area (TPSA) is 61.8 Å². The Morgan fingerprint density at radius 1 is 0.407 bits per heavy atom. The molecule has 1 atom stereocenters. The highest BCUT2D eigenvalue weighted by molar-refractivity contribution is 5.70. The Kier molecular flexibility index (Phi) is 44.4. The van der Waals surface area contributed by atoms with Crippen LogP contribution in [0.2, 0.25) is 0 Å². The van der Waals surface area contributed by atoms with Crippen LogP contribution in [0.25, 0.3) is 0 Å². The first-order valence-corrected chi connectivity index (χ1v) is 23.9. The van der Waals surface area contributed by atoms with Crippen LogP contribution < -0.4 is 0 Å². The molecule has 0 aromatic heterocycles. The van der Waals surface area contributed by atoms with Crippen LogP contribution in [0.15, 0.2) is 24.3 Å². The summed E-state index contributed by atoms with van der Waals surface area (Å²) in [7, 11) is 0.